The molecule has 0 saturated carbocycles. The van der Waals surface area contributed by atoms with Crippen molar-refractivity contribution < 1.29 is 19.1 Å². The number of amides is 2. The van der Waals surface area contributed by atoms with E-state index >= 15 is 0 Å². The Kier molecular flexibility index (Phi) is 4.65. The van der Waals surface area contributed by atoms with Crippen LogP contribution in [0.3, 0.4) is 0 Å². The van der Waals surface area contributed by atoms with Crippen LogP contribution in [0.4, 0.5) is 5.69 Å². The first kappa shape index (κ1) is 19.8. The standard InChI is InChI=1S/C23H28N2O4/c1-13-12-16-17-18(22(28)24(21(17)27)10-11-29-5)19(20(26)23(2,3)4)25(16)15-9-7-6-8-14(13)15/h6-9,12,16-19H,10-11H2,1-5H3. The third kappa shape index (κ3) is 2.84. The maximum Gasteiger partial charge on any atom is 0.235 e. The van der Waals surface area contributed by atoms with Crippen LogP contribution in [0.2, 0.25) is 0 Å². The zero-order valence-electron chi connectivity index (χ0n) is 17.6. The summed E-state index contributed by atoms with van der Waals surface area (Å²) >= 11 is 0. The fraction of sp³-hybridized carbons (Fsp3) is 0.522. The molecule has 4 unspecified atom stereocenters. The number of likely N-dealkylation sites (tertiary alicyclic amines) is 1. The van der Waals surface area contributed by atoms with Gasteiger partial charge in [0, 0.05) is 23.8 Å². The number of methoxy groups -OCH3 is 1. The zero-order valence-corrected chi connectivity index (χ0v) is 17.6. The second-order valence-electron chi connectivity index (χ2n) is 9.20. The van der Waals surface area contributed by atoms with Gasteiger partial charge < -0.3 is 9.64 Å². The predicted octanol–water partition coefficient (Wildman–Crippen LogP) is 2.52. The molecular formula is C23H28N2O4. The molecule has 2 fully saturated rings. The first-order chi connectivity index (χ1) is 13.7. The van der Waals surface area contributed by atoms with Crippen LogP contribution in [0.5, 0.6) is 0 Å². The number of ketones is 1. The summed E-state index contributed by atoms with van der Waals surface area (Å²) in [6, 6.07) is 6.97. The summed E-state index contributed by atoms with van der Waals surface area (Å²) in [6.45, 7) is 8.16. The number of hydrogen-bond donors (Lipinski definition) is 0. The van der Waals surface area contributed by atoms with Gasteiger partial charge in [0.25, 0.3) is 0 Å². The molecule has 0 bridgehead atoms. The molecule has 4 atom stereocenters. The van der Waals surface area contributed by atoms with E-state index < -0.39 is 23.3 Å². The maximum atomic E-state index is 13.6. The van der Waals surface area contributed by atoms with Crippen molar-refractivity contribution in [1.29, 1.82) is 0 Å². The normalized spacial score (nSPS) is 28.2. The van der Waals surface area contributed by atoms with E-state index in [1.54, 1.807) is 7.11 Å². The quantitative estimate of drug-likeness (QED) is 0.732. The van der Waals surface area contributed by atoms with Crippen molar-refractivity contribution in [2.45, 2.75) is 39.8 Å². The van der Waals surface area contributed by atoms with Crippen LogP contribution in [0, 0.1) is 17.3 Å². The number of ether oxygens (including phenoxy) is 1. The highest BCUT2D eigenvalue weighted by Crippen LogP contribution is 2.50. The Morgan fingerprint density at radius 1 is 1.10 bits per heavy atom. The summed E-state index contributed by atoms with van der Waals surface area (Å²) in [4.78, 5) is 43.5. The van der Waals surface area contributed by atoms with Gasteiger partial charge in [0.15, 0.2) is 5.78 Å². The van der Waals surface area contributed by atoms with Gasteiger partial charge in [0.2, 0.25) is 11.8 Å². The van der Waals surface area contributed by atoms with Crippen LogP contribution in [0.15, 0.2) is 30.3 Å². The molecule has 6 heteroatoms. The monoisotopic (exact) mass is 396 g/mol. The van der Waals surface area contributed by atoms with E-state index in [2.05, 4.69) is 6.08 Å². The minimum Gasteiger partial charge on any atom is -0.383 e. The van der Waals surface area contributed by atoms with Gasteiger partial charge in [-0.2, -0.15) is 0 Å². The molecule has 6 nitrogen and oxygen atoms in total. The highest BCUT2D eigenvalue weighted by atomic mass is 16.5. The molecule has 1 aromatic rings. The van der Waals surface area contributed by atoms with E-state index in [0.29, 0.717) is 6.61 Å². The summed E-state index contributed by atoms with van der Waals surface area (Å²) in [7, 11) is 1.55. The lowest BCUT2D eigenvalue weighted by Crippen LogP contribution is -2.51. The fourth-order valence-corrected chi connectivity index (χ4v) is 5.01. The second-order valence-corrected chi connectivity index (χ2v) is 9.20. The molecule has 0 spiro atoms. The molecule has 2 saturated heterocycles. The Hall–Kier alpha value is -2.47. The smallest absolute Gasteiger partial charge is 0.235 e. The van der Waals surface area contributed by atoms with Crippen molar-refractivity contribution in [1.82, 2.24) is 4.90 Å². The van der Waals surface area contributed by atoms with Gasteiger partial charge in [0.05, 0.1) is 31.0 Å². The summed E-state index contributed by atoms with van der Waals surface area (Å²) < 4.78 is 5.09. The van der Waals surface area contributed by atoms with Crippen LogP contribution in [-0.2, 0) is 19.1 Å². The average Bonchev–Trinajstić information content (AvgIpc) is 3.13. The van der Waals surface area contributed by atoms with Gasteiger partial charge in [0.1, 0.15) is 6.04 Å². The zero-order chi connectivity index (χ0) is 21.1. The Bertz CT molecular complexity index is 914. The molecule has 3 aliphatic heterocycles. The molecule has 4 rings (SSSR count). The van der Waals surface area contributed by atoms with Gasteiger partial charge in [-0.1, -0.05) is 45.0 Å². The highest BCUT2D eigenvalue weighted by molar-refractivity contribution is 6.12. The number of hydrogen-bond acceptors (Lipinski definition) is 5. The molecule has 3 heterocycles. The van der Waals surface area contributed by atoms with Crippen LogP contribution >= 0.6 is 0 Å². The fourth-order valence-electron chi connectivity index (χ4n) is 5.01. The summed E-state index contributed by atoms with van der Waals surface area (Å²) in [5, 5.41) is 0. The lowest BCUT2D eigenvalue weighted by atomic mass is 9.79. The minimum atomic E-state index is -0.661. The predicted molar refractivity (Wildman–Crippen MR) is 110 cm³/mol. The SMILES string of the molecule is COCCN1C(=O)C2C(C1=O)C(C(=O)C(C)(C)C)N1c3ccccc3C(C)=CC21. The van der Waals surface area contributed by atoms with Crippen molar-refractivity contribution in [3.05, 3.63) is 35.9 Å². The van der Waals surface area contributed by atoms with Gasteiger partial charge in [-0.15, -0.1) is 0 Å². The highest BCUT2D eigenvalue weighted by Gasteiger charge is 2.64. The number of imide groups is 1. The minimum absolute atomic E-state index is 0.00695. The third-order valence-electron chi connectivity index (χ3n) is 6.37. The summed E-state index contributed by atoms with van der Waals surface area (Å²) in [5.74, 6) is -1.66. The largest absolute Gasteiger partial charge is 0.383 e. The number of benzene rings is 1. The third-order valence-corrected chi connectivity index (χ3v) is 6.37. The van der Waals surface area contributed by atoms with Crippen molar-refractivity contribution >= 4 is 28.9 Å². The van der Waals surface area contributed by atoms with Crippen LogP contribution in [0.1, 0.15) is 33.3 Å². The Morgan fingerprint density at radius 2 is 1.76 bits per heavy atom. The van der Waals surface area contributed by atoms with E-state index in [1.165, 1.54) is 4.90 Å². The van der Waals surface area contributed by atoms with Crippen molar-refractivity contribution in [2.24, 2.45) is 17.3 Å². The van der Waals surface area contributed by atoms with Crippen LogP contribution in [0.25, 0.3) is 5.57 Å². The molecule has 3 aliphatic rings. The van der Waals surface area contributed by atoms with Crippen LogP contribution in [-0.4, -0.2) is 54.8 Å². The number of allylic oxidation sites excluding steroid dienone is 1. The number of carbonyl (C=O) groups excluding carboxylic acids is 3. The van der Waals surface area contributed by atoms with E-state index in [4.69, 9.17) is 4.74 Å². The molecular weight excluding hydrogens is 368 g/mol. The molecule has 0 radical (unpaired) electrons. The van der Waals surface area contributed by atoms with Crippen molar-refractivity contribution in [3.63, 3.8) is 0 Å². The first-order valence-corrected chi connectivity index (χ1v) is 10.1. The number of fused-ring (bicyclic) bond motifs is 5. The molecule has 154 valence electrons. The molecule has 29 heavy (non-hydrogen) atoms. The number of anilines is 1. The number of carbonyl (C=O) groups is 3. The number of nitrogens with zero attached hydrogens (tertiary/aromatic N) is 2. The Balaban J connectivity index is 1.86. The number of Topliss-reactive ketones (excluding diaryl/α,β-unsaturated/α-hetero) is 1. The van der Waals surface area contributed by atoms with Crippen molar-refractivity contribution in [3.8, 4) is 0 Å². The molecule has 0 N–H and O–H groups in total. The van der Waals surface area contributed by atoms with E-state index in [1.807, 2.05) is 56.9 Å². The lowest BCUT2D eigenvalue weighted by Gasteiger charge is -2.39. The number of rotatable bonds is 4. The average molecular weight is 396 g/mol. The van der Waals surface area contributed by atoms with Gasteiger partial charge in [-0.25, -0.2) is 0 Å². The van der Waals surface area contributed by atoms with Gasteiger partial charge in [-0.05, 0) is 18.6 Å². The van der Waals surface area contributed by atoms with Gasteiger partial charge in [-0.3, -0.25) is 19.3 Å². The van der Waals surface area contributed by atoms with E-state index in [0.717, 1.165) is 16.8 Å². The lowest BCUT2D eigenvalue weighted by molar-refractivity contribution is -0.142. The molecule has 2 amide bonds. The Morgan fingerprint density at radius 3 is 2.41 bits per heavy atom. The molecule has 0 aliphatic carbocycles. The molecule has 1 aromatic carbocycles. The maximum absolute atomic E-state index is 13.6. The second kappa shape index (κ2) is 6.80. The topological polar surface area (TPSA) is 66.9 Å². The van der Waals surface area contributed by atoms with Crippen LogP contribution < -0.4 is 4.90 Å². The van der Waals surface area contributed by atoms with Gasteiger partial charge >= 0.3 is 0 Å². The summed E-state index contributed by atoms with van der Waals surface area (Å²) in [6.07, 6.45) is 2.06. The summed E-state index contributed by atoms with van der Waals surface area (Å²) in [5.41, 5.74) is 2.42. The van der Waals surface area contributed by atoms with Crippen molar-refractivity contribution in [2.75, 3.05) is 25.2 Å². The van der Waals surface area contributed by atoms with E-state index in [9.17, 15) is 14.4 Å². The van der Waals surface area contributed by atoms with E-state index in [-0.39, 0.29) is 30.2 Å². The Labute approximate surface area is 171 Å². The number of para-hydroxylation sites is 1. The molecule has 0 aromatic heterocycles. The first-order valence-electron chi connectivity index (χ1n) is 10.1.